The summed E-state index contributed by atoms with van der Waals surface area (Å²) < 4.78 is 11.5. The number of nitrogens with zero attached hydrogens (tertiary/aromatic N) is 4. The Labute approximate surface area is 166 Å². The van der Waals surface area contributed by atoms with E-state index in [1.165, 1.54) is 16.8 Å². The standard InChI is InChI=1S/C22H28N4O2/c1-17-4-2-3-5-18(17)13-25-7-6-22(15-25)16-28-14-19-12-23-21(24-20(19)22)26-8-10-27-11-9-26/h2-5,12H,6-11,13-16H2,1H3/t22-/m1/s1. The monoisotopic (exact) mass is 380 g/mol. The second-order valence-electron chi connectivity index (χ2n) is 8.30. The Morgan fingerprint density at radius 1 is 1.11 bits per heavy atom. The Morgan fingerprint density at radius 2 is 1.96 bits per heavy atom. The molecule has 0 saturated carbocycles. The van der Waals surface area contributed by atoms with Crippen LogP contribution in [0.1, 0.15) is 28.8 Å². The van der Waals surface area contributed by atoms with Gasteiger partial charge in [0.25, 0.3) is 0 Å². The molecule has 6 nitrogen and oxygen atoms in total. The van der Waals surface area contributed by atoms with E-state index in [0.29, 0.717) is 6.61 Å². The van der Waals surface area contributed by atoms with Crippen molar-refractivity contribution in [2.45, 2.75) is 31.9 Å². The zero-order valence-electron chi connectivity index (χ0n) is 16.6. The van der Waals surface area contributed by atoms with Crippen molar-refractivity contribution in [3.05, 3.63) is 52.8 Å². The Bertz CT molecular complexity index is 852. The summed E-state index contributed by atoms with van der Waals surface area (Å²) in [5.74, 6) is 0.848. The van der Waals surface area contributed by atoms with Crippen molar-refractivity contribution in [3.8, 4) is 0 Å². The van der Waals surface area contributed by atoms with Crippen LogP contribution in [0.4, 0.5) is 5.95 Å². The maximum Gasteiger partial charge on any atom is 0.225 e. The topological polar surface area (TPSA) is 50.7 Å². The SMILES string of the molecule is Cc1ccccc1CN1CC[C@]2(COCc3cnc(N4CCOCC4)nc32)C1. The zero-order valence-corrected chi connectivity index (χ0v) is 16.6. The molecule has 5 rings (SSSR count). The molecule has 28 heavy (non-hydrogen) atoms. The molecule has 2 fully saturated rings. The predicted octanol–water partition coefficient (Wildman–Crippen LogP) is 2.30. The fourth-order valence-corrected chi connectivity index (χ4v) is 4.74. The van der Waals surface area contributed by atoms with Crippen LogP contribution in [0.2, 0.25) is 0 Å². The number of benzene rings is 1. The second-order valence-corrected chi connectivity index (χ2v) is 8.30. The lowest BCUT2D eigenvalue weighted by molar-refractivity contribution is 0.0502. The van der Waals surface area contributed by atoms with Gasteiger partial charge in [-0.2, -0.15) is 0 Å². The highest BCUT2D eigenvalue weighted by molar-refractivity contribution is 5.39. The molecule has 0 amide bonds. The molecule has 2 aromatic rings. The van der Waals surface area contributed by atoms with E-state index in [1.54, 1.807) is 0 Å². The lowest BCUT2D eigenvalue weighted by atomic mass is 9.80. The van der Waals surface area contributed by atoms with Gasteiger partial charge in [0.1, 0.15) is 0 Å². The smallest absolute Gasteiger partial charge is 0.225 e. The first kappa shape index (κ1) is 18.0. The summed E-state index contributed by atoms with van der Waals surface area (Å²) in [7, 11) is 0. The molecule has 0 radical (unpaired) electrons. The van der Waals surface area contributed by atoms with Crippen molar-refractivity contribution in [2.75, 3.05) is 50.9 Å². The third-order valence-corrected chi connectivity index (χ3v) is 6.37. The molecule has 6 heteroatoms. The molecule has 0 N–H and O–H groups in total. The largest absolute Gasteiger partial charge is 0.378 e. The van der Waals surface area contributed by atoms with Crippen LogP contribution in [0.25, 0.3) is 0 Å². The van der Waals surface area contributed by atoms with Crippen molar-refractivity contribution in [1.29, 1.82) is 0 Å². The maximum absolute atomic E-state index is 6.00. The van der Waals surface area contributed by atoms with Crippen LogP contribution in [0, 0.1) is 6.92 Å². The van der Waals surface area contributed by atoms with E-state index >= 15 is 0 Å². The van der Waals surface area contributed by atoms with Gasteiger partial charge in [0.15, 0.2) is 0 Å². The van der Waals surface area contributed by atoms with Crippen LogP contribution in [0.3, 0.4) is 0 Å². The molecular formula is C22H28N4O2. The molecule has 3 aliphatic heterocycles. The van der Waals surface area contributed by atoms with Crippen LogP contribution in [0.15, 0.2) is 30.5 Å². The summed E-state index contributed by atoms with van der Waals surface area (Å²) in [6.45, 7) is 9.86. The third-order valence-electron chi connectivity index (χ3n) is 6.37. The van der Waals surface area contributed by atoms with E-state index in [1.807, 2.05) is 6.20 Å². The average Bonchev–Trinajstić information content (AvgIpc) is 3.14. The van der Waals surface area contributed by atoms with Crippen LogP contribution >= 0.6 is 0 Å². The number of morpholine rings is 1. The number of rotatable bonds is 3. The highest BCUT2D eigenvalue weighted by Gasteiger charge is 2.45. The van der Waals surface area contributed by atoms with E-state index in [9.17, 15) is 0 Å². The molecule has 2 saturated heterocycles. The second kappa shape index (κ2) is 7.43. The molecule has 1 aromatic heterocycles. The quantitative estimate of drug-likeness (QED) is 0.814. The van der Waals surface area contributed by atoms with Crippen LogP contribution in [-0.4, -0.2) is 60.9 Å². The van der Waals surface area contributed by atoms with Crippen molar-refractivity contribution >= 4 is 5.95 Å². The minimum Gasteiger partial charge on any atom is -0.378 e. The van der Waals surface area contributed by atoms with E-state index in [-0.39, 0.29) is 5.41 Å². The normalized spacial score (nSPS) is 25.2. The third kappa shape index (κ3) is 3.30. The first-order chi connectivity index (χ1) is 13.7. The van der Waals surface area contributed by atoms with Crippen molar-refractivity contribution < 1.29 is 9.47 Å². The minimum absolute atomic E-state index is 0.0136. The van der Waals surface area contributed by atoms with Crippen molar-refractivity contribution in [1.82, 2.24) is 14.9 Å². The summed E-state index contributed by atoms with van der Waals surface area (Å²) in [4.78, 5) is 14.5. The van der Waals surface area contributed by atoms with Crippen LogP contribution in [0.5, 0.6) is 0 Å². The van der Waals surface area contributed by atoms with E-state index in [0.717, 1.165) is 70.5 Å². The van der Waals surface area contributed by atoms with E-state index < -0.39 is 0 Å². The summed E-state index contributed by atoms with van der Waals surface area (Å²) in [6, 6.07) is 8.68. The van der Waals surface area contributed by atoms with Gasteiger partial charge in [0, 0.05) is 37.9 Å². The molecule has 0 bridgehead atoms. The number of ether oxygens (including phenoxy) is 2. The Hall–Kier alpha value is -2.02. The molecule has 1 spiro atoms. The Morgan fingerprint density at radius 3 is 2.82 bits per heavy atom. The van der Waals surface area contributed by atoms with Gasteiger partial charge in [0.2, 0.25) is 5.95 Å². The van der Waals surface area contributed by atoms with Crippen LogP contribution in [-0.2, 0) is 28.0 Å². The summed E-state index contributed by atoms with van der Waals surface area (Å²) in [6.07, 6.45) is 3.07. The molecule has 3 aliphatic rings. The summed E-state index contributed by atoms with van der Waals surface area (Å²) in [5.41, 5.74) is 5.12. The Balaban J connectivity index is 1.40. The molecule has 1 aromatic carbocycles. The first-order valence-electron chi connectivity index (χ1n) is 10.3. The highest BCUT2D eigenvalue weighted by atomic mass is 16.5. The number of fused-ring (bicyclic) bond motifs is 2. The van der Waals surface area contributed by atoms with Gasteiger partial charge >= 0.3 is 0 Å². The first-order valence-corrected chi connectivity index (χ1v) is 10.3. The molecule has 0 unspecified atom stereocenters. The number of hydrogen-bond donors (Lipinski definition) is 0. The number of likely N-dealkylation sites (tertiary alicyclic amines) is 1. The van der Waals surface area contributed by atoms with Gasteiger partial charge in [-0.25, -0.2) is 9.97 Å². The van der Waals surface area contributed by atoms with Crippen molar-refractivity contribution in [3.63, 3.8) is 0 Å². The molecule has 148 valence electrons. The molecule has 1 atom stereocenters. The van der Waals surface area contributed by atoms with Crippen LogP contribution < -0.4 is 4.90 Å². The average molecular weight is 380 g/mol. The summed E-state index contributed by atoms with van der Waals surface area (Å²) in [5, 5.41) is 0. The number of hydrogen-bond acceptors (Lipinski definition) is 6. The minimum atomic E-state index is -0.0136. The van der Waals surface area contributed by atoms with Gasteiger partial charge in [-0.1, -0.05) is 24.3 Å². The van der Waals surface area contributed by atoms with Gasteiger partial charge < -0.3 is 14.4 Å². The maximum atomic E-state index is 6.00. The predicted molar refractivity (Wildman–Crippen MR) is 107 cm³/mol. The van der Waals surface area contributed by atoms with E-state index in [2.05, 4.69) is 46.0 Å². The fraction of sp³-hybridized carbons (Fsp3) is 0.545. The lowest BCUT2D eigenvalue weighted by Gasteiger charge is -2.36. The fourth-order valence-electron chi connectivity index (χ4n) is 4.74. The van der Waals surface area contributed by atoms with Gasteiger partial charge in [-0.05, 0) is 31.0 Å². The van der Waals surface area contributed by atoms with Gasteiger partial charge in [-0.3, -0.25) is 4.90 Å². The van der Waals surface area contributed by atoms with Gasteiger partial charge in [-0.15, -0.1) is 0 Å². The molecule has 0 aliphatic carbocycles. The molecule has 4 heterocycles. The van der Waals surface area contributed by atoms with Gasteiger partial charge in [0.05, 0.1) is 37.5 Å². The lowest BCUT2D eigenvalue weighted by Crippen LogP contribution is -2.42. The van der Waals surface area contributed by atoms with Crippen molar-refractivity contribution in [2.24, 2.45) is 0 Å². The number of aromatic nitrogens is 2. The number of aryl methyl sites for hydroxylation is 1. The summed E-state index contributed by atoms with van der Waals surface area (Å²) >= 11 is 0. The van der Waals surface area contributed by atoms with E-state index in [4.69, 9.17) is 14.5 Å². The Kier molecular flexibility index (Phi) is 4.78. The molecular weight excluding hydrogens is 352 g/mol. The highest BCUT2D eigenvalue weighted by Crippen LogP contribution is 2.40. The zero-order chi connectivity index (χ0) is 19.0. The number of anilines is 1.